The predicted molar refractivity (Wildman–Crippen MR) is 39.4 cm³/mol. The molecule has 0 aliphatic heterocycles. The Hall–Kier alpha value is -0.560. The molecule has 0 aliphatic rings. The zero-order chi connectivity index (χ0) is 7.28. The molecular formula is C7H9ClO. The standard InChI is InChI=1S/C7H9ClO/c1-3-6(2)4-5-7(8)9/h3H,1-2,4-5H2. The maximum atomic E-state index is 10.2. The molecule has 1 nitrogen and oxygen atoms in total. The molecule has 0 aliphatic carbocycles. The van der Waals surface area contributed by atoms with E-state index in [2.05, 4.69) is 13.2 Å². The van der Waals surface area contributed by atoms with Crippen LogP contribution in [0.4, 0.5) is 0 Å². The minimum atomic E-state index is -0.321. The molecule has 0 radical (unpaired) electrons. The summed E-state index contributed by atoms with van der Waals surface area (Å²) in [6, 6.07) is 0. The van der Waals surface area contributed by atoms with Crippen LogP contribution < -0.4 is 0 Å². The highest BCUT2D eigenvalue weighted by Crippen LogP contribution is 2.04. The second-order valence-corrected chi connectivity index (χ2v) is 2.14. The van der Waals surface area contributed by atoms with Crippen LogP contribution in [0.5, 0.6) is 0 Å². The van der Waals surface area contributed by atoms with Gasteiger partial charge in [-0.15, -0.1) is 0 Å². The molecular weight excluding hydrogens is 136 g/mol. The lowest BCUT2D eigenvalue weighted by Crippen LogP contribution is -1.85. The zero-order valence-corrected chi connectivity index (χ0v) is 5.95. The van der Waals surface area contributed by atoms with Crippen molar-refractivity contribution in [2.24, 2.45) is 0 Å². The topological polar surface area (TPSA) is 17.1 Å². The van der Waals surface area contributed by atoms with Gasteiger partial charge in [0.05, 0.1) is 0 Å². The van der Waals surface area contributed by atoms with E-state index < -0.39 is 0 Å². The van der Waals surface area contributed by atoms with Crippen LogP contribution in [0, 0.1) is 0 Å². The van der Waals surface area contributed by atoms with E-state index in [1.165, 1.54) is 0 Å². The van der Waals surface area contributed by atoms with E-state index in [-0.39, 0.29) is 5.24 Å². The fourth-order valence-electron chi connectivity index (χ4n) is 0.361. The molecule has 0 amide bonds. The number of hydrogen-bond donors (Lipinski definition) is 0. The number of carbonyl (C=O) groups excluding carboxylic acids is 1. The first-order valence-electron chi connectivity index (χ1n) is 2.65. The summed E-state index contributed by atoms with van der Waals surface area (Å²) < 4.78 is 0. The van der Waals surface area contributed by atoms with E-state index >= 15 is 0 Å². The quantitative estimate of drug-likeness (QED) is 0.437. The number of allylic oxidation sites excluding steroid dienone is 2. The summed E-state index contributed by atoms with van der Waals surface area (Å²) in [5, 5.41) is -0.321. The Labute approximate surface area is 60.0 Å². The molecule has 0 N–H and O–H groups in total. The minimum Gasteiger partial charge on any atom is -0.281 e. The molecule has 2 heteroatoms. The van der Waals surface area contributed by atoms with Gasteiger partial charge >= 0.3 is 0 Å². The summed E-state index contributed by atoms with van der Waals surface area (Å²) in [6.07, 6.45) is 2.60. The van der Waals surface area contributed by atoms with Crippen molar-refractivity contribution in [3.63, 3.8) is 0 Å². The largest absolute Gasteiger partial charge is 0.281 e. The summed E-state index contributed by atoms with van der Waals surface area (Å²) >= 11 is 5.06. The fourth-order valence-corrected chi connectivity index (χ4v) is 0.455. The van der Waals surface area contributed by atoms with Crippen molar-refractivity contribution in [3.05, 3.63) is 24.8 Å². The number of carbonyl (C=O) groups is 1. The summed E-state index contributed by atoms with van der Waals surface area (Å²) in [5.41, 5.74) is 0.851. The van der Waals surface area contributed by atoms with Gasteiger partial charge in [-0.25, -0.2) is 0 Å². The smallest absolute Gasteiger partial charge is 0.221 e. The molecule has 0 bridgehead atoms. The first-order valence-corrected chi connectivity index (χ1v) is 3.03. The van der Waals surface area contributed by atoms with Crippen molar-refractivity contribution in [2.45, 2.75) is 12.8 Å². The lowest BCUT2D eigenvalue weighted by Gasteiger charge is -1.92. The Morgan fingerprint density at radius 3 is 2.44 bits per heavy atom. The monoisotopic (exact) mass is 144 g/mol. The Bertz CT molecular complexity index is 138. The van der Waals surface area contributed by atoms with E-state index in [9.17, 15) is 4.79 Å². The summed E-state index contributed by atoms with van der Waals surface area (Å²) in [5.74, 6) is 0. The molecule has 0 spiro atoms. The second kappa shape index (κ2) is 4.33. The first kappa shape index (κ1) is 8.44. The highest BCUT2D eigenvalue weighted by molar-refractivity contribution is 6.63. The summed E-state index contributed by atoms with van der Waals surface area (Å²) in [6.45, 7) is 7.10. The third-order valence-corrected chi connectivity index (χ3v) is 1.12. The van der Waals surface area contributed by atoms with Crippen LogP contribution in [0.15, 0.2) is 24.8 Å². The molecule has 0 fully saturated rings. The molecule has 0 aromatic carbocycles. The van der Waals surface area contributed by atoms with Crippen molar-refractivity contribution < 1.29 is 4.79 Å². The van der Waals surface area contributed by atoms with Gasteiger partial charge in [-0.2, -0.15) is 0 Å². The SMILES string of the molecule is C=CC(=C)CCC(=O)Cl. The molecule has 0 rings (SSSR count). The van der Waals surface area contributed by atoms with E-state index in [0.29, 0.717) is 12.8 Å². The van der Waals surface area contributed by atoms with Crippen LogP contribution in [0.2, 0.25) is 0 Å². The molecule has 0 atom stereocenters. The van der Waals surface area contributed by atoms with Crippen molar-refractivity contribution in [3.8, 4) is 0 Å². The molecule has 0 saturated carbocycles. The summed E-state index contributed by atoms with van der Waals surface area (Å²) in [7, 11) is 0. The highest BCUT2D eigenvalue weighted by atomic mass is 35.5. The van der Waals surface area contributed by atoms with Gasteiger partial charge in [-0.3, -0.25) is 4.79 Å². The lowest BCUT2D eigenvalue weighted by atomic mass is 10.2. The average molecular weight is 145 g/mol. The van der Waals surface area contributed by atoms with Gasteiger partial charge in [0.25, 0.3) is 0 Å². The van der Waals surface area contributed by atoms with Crippen molar-refractivity contribution >= 4 is 16.8 Å². The highest BCUT2D eigenvalue weighted by Gasteiger charge is 1.94. The Morgan fingerprint density at radius 1 is 1.56 bits per heavy atom. The Morgan fingerprint density at radius 2 is 2.11 bits per heavy atom. The Kier molecular flexibility index (Phi) is 4.06. The van der Waals surface area contributed by atoms with Crippen LogP contribution in [0.1, 0.15) is 12.8 Å². The van der Waals surface area contributed by atoms with Crippen LogP contribution >= 0.6 is 11.6 Å². The number of rotatable bonds is 4. The third-order valence-electron chi connectivity index (χ3n) is 0.931. The number of hydrogen-bond acceptors (Lipinski definition) is 1. The fraction of sp³-hybridized carbons (Fsp3) is 0.286. The molecule has 0 aromatic heterocycles. The van der Waals surface area contributed by atoms with Crippen molar-refractivity contribution in [1.29, 1.82) is 0 Å². The normalized spacial score (nSPS) is 8.56. The molecule has 9 heavy (non-hydrogen) atoms. The van der Waals surface area contributed by atoms with Gasteiger partial charge in [0, 0.05) is 6.42 Å². The average Bonchev–Trinajstić information content (AvgIpc) is 1.83. The van der Waals surface area contributed by atoms with E-state index in [1.54, 1.807) is 6.08 Å². The molecule has 0 heterocycles. The zero-order valence-electron chi connectivity index (χ0n) is 5.19. The minimum absolute atomic E-state index is 0.321. The van der Waals surface area contributed by atoms with Gasteiger partial charge in [-0.05, 0) is 18.0 Å². The number of halogens is 1. The molecule has 50 valence electrons. The van der Waals surface area contributed by atoms with Crippen molar-refractivity contribution in [2.75, 3.05) is 0 Å². The third kappa shape index (κ3) is 5.31. The van der Waals surface area contributed by atoms with Crippen LogP contribution in [-0.4, -0.2) is 5.24 Å². The maximum Gasteiger partial charge on any atom is 0.221 e. The van der Waals surface area contributed by atoms with Gasteiger partial charge in [0.1, 0.15) is 0 Å². The molecule has 0 aromatic rings. The lowest BCUT2D eigenvalue weighted by molar-refractivity contribution is -0.111. The second-order valence-electron chi connectivity index (χ2n) is 1.72. The first-order chi connectivity index (χ1) is 4.16. The van der Waals surface area contributed by atoms with E-state index in [1.807, 2.05) is 0 Å². The van der Waals surface area contributed by atoms with Gasteiger partial charge in [0.15, 0.2) is 0 Å². The Balaban J connectivity index is 3.39. The van der Waals surface area contributed by atoms with E-state index in [0.717, 1.165) is 5.57 Å². The van der Waals surface area contributed by atoms with Crippen molar-refractivity contribution in [1.82, 2.24) is 0 Å². The van der Waals surface area contributed by atoms with Crippen LogP contribution in [0.25, 0.3) is 0 Å². The van der Waals surface area contributed by atoms with Gasteiger partial charge in [0.2, 0.25) is 5.24 Å². The summed E-state index contributed by atoms with van der Waals surface area (Å²) in [4.78, 5) is 10.2. The predicted octanol–water partition coefficient (Wildman–Crippen LogP) is 2.27. The molecule has 0 unspecified atom stereocenters. The van der Waals surface area contributed by atoms with Gasteiger partial charge < -0.3 is 0 Å². The van der Waals surface area contributed by atoms with Gasteiger partial charge in [-0.1, -0.05) is 24.8 Å². The molecule has 0 saturated heterocycles. The van der Waals surface area contributed by atoms with Crippen LogP contribution in [0.3, 0.4) is 0 Å². The van der Waals surface area contributed by atoms with E-state index in [4.69, 9.17) is 11.6 Å². The van der Waals surface area contributed by atoms with Crippen LogP contribution in [-0.2, 0) is 4.79 Å². The maximum absolute atomic E-state index is 10.2.